The van der Waals surface area contributed by atoms with Crippen LogP contribution in [0.5, 0.6) is 5.75 Å². The van der Waals surface area contributed by atoms with Gasteiger partial charge in [0.15, 0.2) is 0 Å². The third-order valence-corrected chi connectivity index (χ3v) is 5.69. The van der Waals surface area contributed by atoms with Crippen LogP contribution in [-0.2, 0) is 5.41 Å². The molecule has 0 saturated heterocycles. The molecule has 2 heteroatoms. The predicted octanol–water partition coefficient (Wildman–Crippen LogP) is 5.89. The van der Waals surface area contributed by atoms with Crippen LogP contribution in [-0.4, -0.2) is 13.3 Å². The second-order valence-corrected chi connectivity index (χ2v) is 7.34. The van der Waals surface area contributed by atoms with Crippen molar-refractivity contribution in [1.82, 2.24) is 0 Å². The first-order chi connectivity index (χ1) is 12.1. The molecule has 0 saturated carbocycles. The fraction of sp³-hybridized carbons (Fsp3) is 0.217. The van der Waals surface area contributed by atoms with Crippen molar-refractivity contribution < 1.29 is 9.13 Å². The molecule has 2 aliphatic rings. The van der Waals surface area contributed by atoms with Gasteiger partial charge in [0.05, 0.1) is 0 Å². The van der Waals surface area contributed by atoms with E-state index in [-0.39, 0.29) is 5.41 Å². The van der Waals surface area contributed by atoms with Gasteiger partial charge in [0.2, 0.25) is 0 Å². The summed E-state index contributed by atoms with van der Waals surface area (Å²) in [6.07, 6.45) is 1.89. The van der Waals surface area contributed by atoms with E-state index in [2.05, 4.69) is 56.3 Å². The molecule has 25 heavy (non-hydrogen) atoms. The highest BCUT2D eigenvalue weighted by Gasteiger charge is 2.41. The minimum absolute atomic E-state index is 0.186. The summed E-state index contributed by atoms with van der Waals surface area (Å²) in [6, 6.07) is 16.9. The summed E-state index contributed by atoms with van der Waals surface area (Å²) >= 11 is 0. The maximum atomic E-state index is 13.9. The SMILES string of the molecule is CC1(C)c2ccccc2-c2c1c1c(c3ccccc23)OCC=C1CF. The zero-order chi connectivity index (χ0) is 17.2. The highest BCUT2D eigenvalue weighted by Crippen LogP contribution is 2.57. The number of alkyl halides is 1. The number of hydrogen-bond acceptors (Lipinski definition) is 1. The number of fused-ring (bicyclic) bond motifs is 8. The molecular weight excluding hydrogens is 311 g/mol. The number of benzene rings is 3. The molecule has 0 unspecified atom stereocenters. The Bertz CT molecular complexity index is 1060. The van der Waals surface area contributed by atoms with Crippen LogP contribution in [0.3, 0.4) is 0 Å². The standard InChI is InChI=1S/C23H19FO/c1-23(2)18-10-6-5-9-17(18)20-15-7-3-4-8-16(15)22-19(21(20)23)14(13-24)11-12-25-22/h3-11H,12-13H2,1-2H3. The Kier molecular flexibility index (Phi) is 2.91. The van der Waals surface area contributed by atoms with Crippen molar-refractivity contribution in [2.45, 2.75) is 19.3 Å². The lowest BCUT2D eigenvalue weighted by Gasteiger charge is -2.29. The van der Waals surface area contributed by atoms with Gasteiger partial charge >= 0.3 is 0 Å². The van der Waals surface area contributed by atoms with Crippen molar-refractivity contribution >= 4 is 16.3 Å². The van der Waals surface area contributed by atoms with E-state index >= 15 is 0 Å². The number of ether oxygens (including phenoxy) is 1. The highest BCUT2D eigenvalue weighted by atomic mass is 19.1. The summed E-state index contributed by atoms with van der Waals surface area (Å²) in [4.78, 5) is 0. The fourth-order valence-corrected chi connectivity index (χ4v) is 4.60. The lowest BCUT2D eigenvalue weighted by atomic mass is 9.77. The Labute approximate surface area is 146 Å². The van der Waals surface area contributed by atoms with E-state index in [1.807, 2.05) is 12.1 Å². The minimum Gasteiger partial charge on any atom is -0.488 e. The molecule has 0 aromatic heterocycles. The summed E-state index contributed by atoms with van der Waals surface area (Å²) in [5.74, 6) is 0.838. The lowest BCUT2D eigenvalue weighted by Crippen LogP contribution is -2.20. The van der Waals surface area contributed by atoms with Crippen molar-refractivity contribution in [2.75, 3.05) is 13.3 Å². The Hall–Kier alpha value is -2.61. The van der Waals surface area contributed by atoms with E-state index < -0.39 is 6.67 Å². The number of rotatable bonds is 1. The first-order valence-corrected chi connectivity index (χ1v) is 8.72. The summed E-state index contributed by atoms with van der Waals surface area (Å²) in [7, 11) is 0. The van der Waals surface area contributed by atoms with Crippen LogP contribution < -0.4 is 4.74 Å². The molecule has 1 heterocycles. The van der Waals surface area contributed by atoms with E-state index in [4.69, 9.17) is 4.74 Å². The van der Waals surface area contributed by atoms with Crippen LogP contribution in [0.25, 0.3) is 27.5 Å². The van der Waals surface area contributed by atoms with Crippen molar-refractivity contribution in [1.29, 1.82) is 0 Å². The average Bonchev–Trinajstić information content (AvgIpc) is 2.89. The van der Waals surface area contributed by atoms with Crippen molar-refractivity contribution in [3.05, 3.63) is 71.3 Å². The van der Waals surface area contributed by atoms with Crippen LogP contribution in [0, 0.1) is 0 Å². The largest absolute Gasteiger partial charge is 0.488 e. The lowest BCUT2D eigenvalue weighted by molar-refractivity contribution is 0.358. The first kappa shape index (κ1) is 14.7. The molecule has 0 spiro atoms. The molecule has 1 aliphatic carbocycles. The summed E-state index contributed by atoms with van der Waals surface area (Å²) in [5, 5.41) is 2.26. The van der Waals surface area contributed by atoms with Gasteiger partial charge in [0.25, 0.3) is 0 Å². The minimum atomic E-state index is -0.465. The quantitative estimate of drug-likeness (QED) is 0.540. The van der Waals surface area contributed by atoms with Gasteiger partial charge in [-0.05, 0) is 39.3 Å². The molecule has 0 atom stereocenters. The predicted molar refractivity (Wildman–Crippen MR) is 101 cm³/mol. The fourth-order valence-electron chi connectivity index (χ4n) is 4.60. The van der Waals surface area contributed by atoms with Crippen molar-refractivity contribution in [3.63, 3.8) is 0 Å². The van der Waals surface area contributed by atoms with E-state index in [1.54, 1.807) is 0 Å². The molecule has 3 aromatic carbocycles. The average molecular weight is 330 g/mol. The summed E-state index contributed by atoms with van der Waals surface area (Å²) in [6.45, 7) is 4.43. The zero-order valence-corrected chi connectivity index (χ0v) is 14.4. The molecule has 124 valence electrons. The smallest absolute Gasteiger partial charge is 0.135 e. The Morgan fingerprint density at radius 1 is 0.960 bits per heavy atom. The Morgan fingerprint density at radius 2 is 1.68 bits per heavy atom. The second-order valence-electron chi connectivity index (χ2n) is 7.34. The molecule has 0 radical (unpaired) electrons. The van der Waals surface area contributed by atoms with E-state index in [0.717, 1.165) is 22.3 Å². The molecule has 0 N–H and O–H groups in total. The Morgan fingerprint density at radius 3 is 2.48 bits per heavy atom. The molecule has 3 aromatic rings. The molecule has 1 aliphatic heterocycles. The van der Waals surface area contributed by atoms with Gasteiger partial charge in [0.1, 0.15) is 19.0 Å². The second kappa shape index (κ2) is 4.95. The van der Waals surface area contributed by atoms with Gasteiger partial charge in [-0.25, -0.2) is 4.39 Å². The van der Waals surface area contributed by atoms with Crippen LogP contribution in [0.15, 0.2) is 54.6 Å². The van der Waals surface area contributed by atoms with Gasteiger partial charge < -0.3 is 4.74 Å². The maximum Gasteiger partial charge on any atom is 0.135 e. The monoisotopic (exact) mass is 330 g/mol. The number of hydrogen-bond donors (Lipinski definition) is 0. The molecule has 1 nitrogen and oxygen atoms in total. The summed E-state index contributed by atoms with van der Waals surface area (Å²) < 4.78 is 19.9. The molecule has 0 fully saturated rings. The third kappa shape index (κ3) is 1.77. The molecule has 5 rings (SSSR count). The van der Waals surface area contributed by atoms with Crippen LogP contribution in [0.4, 0.5) is 4.39 Å². The van der Waals surface area contributed by atoms with Crippen LogP contribution in [0.2, 0.25) is 0 Å². The van der Waals surface area contributed by atoms with Gasteiger partial charge in [-0.3, -0.25) is 0 Å². The molecule has 0 bridgehead atoms. The van der Waals surface area contributed by atoms with Gasteiger partial charge in [0, 0.05) is 16.4 Å². The van der Waals surface area contributed by atoms with E-state index in [1.165, 1.54) is 27.6 Å². The van der Waals surface area contributed by atoms with Gasteiger partial charge in [-0.2, -0.15) is 0 Å². The van der Waals surface area contributed by atoms with E-state index in [9.17, 15) is 4.39 Å². The van der Waals surface area contributed by atoms with Crippen molar-refractivity contribution in [3.8, 4) is 16.9 Å². The summed E-state index contributed by atoms with van der Waals surface area (Å²) in [5.41, 5.74) is 6.52. The normalized spacial score (nSPS) is 16.7. The third-order valence-electron chi connectivity index (χ3n) is 5.69. The van der Waals surface area contributed by atoms with Crippen LogP contribution in [0.1, 0.15) is 30.5 Å². The maximum absolute atomic E-state index is 13.9. The van der Waals surface area contributed by atoms with Crippen molar-refractivity contribution in [2.24, 2.45) is 0 Å². The number of allylic oxidation sites excluding steroid dienone is 1. The van der Waals surface area contributed by atoms with Gasteiger partial charge in [-0.15, -0.1) is 0 Å². The number of halogens is 1. The first-order valence-electron chi connectivity index (χ1n) is 8.72. The van der Waals surface area contributed by atoms with Gasteiger partial charge in [-0.1, -0.05) is 62.4 Å². The van der Waals surface area contributed by atoms with E-state index in [0.29, 0.717) is 6.61 Å². The topological polar surface area (TPSA) is 9.23 Å². The highest BCUT2D eigenvalue weighted by molar-refractivity contribution is 6.09. The molecule has 0 amide bonds. The van der Waals surface area contributed by atoms with Crippen LogP contribution >= 0.6 is 0 Å². The molecular formula is C23H19FO. The Balaban J connectivity index is 2.04. The zero-order valence-electron chi connectivity index (χ0n) is 14.4.